The van der Waals surface area contributed by atoms with Crippen LogP contribution in [0.15, 0.2) is 51.6 Å². The van der Waals surface area contributed by atoms with Crippen LogP contribution in [0.4, 0.5) is 0 Å². The number of carboxylic acid groups (broad SMARTS) is 1. The van der Waals surface area contributed by atoms with Crippen molar-refractivity contribution in [3.8, 4) is 34.2 Å². The molecule has 4 rings (SSSR count). The minimum absolute atomic E-state index is 0.000483. The van der Waals surface area contributed by atoms with Gasteiger partial charge in [0, 0.05) is 11.6 Å². The van der Waals surface area contributed by atoms with Crippen LogP contribution >= 0.6 is 0 Å². The number of carboxylic acids is 1. The summed E-state index contributed by atoms with van der Waals surface area (Å²) in [6, 6.07) is 9.97. The number of nitrogens with zero attached hydrogens (tertiary/aromatic N) is 2. The van der Waals surface area contributed by atoms with Crippen molar-refractivity contribution in [1.82, 2.24) is 10.1 Å². The van der Waals surface area contributed by atoms with Crippen molar-refractivity contribution in [1.29, 1.82) is 0 Å². The van der Waals surface area contributed by atoms with Gasteiger partial charge in [-0.05, 0) is 30.3 Å². The van der Waals surface area contributed by atoms with Crippen LogP contribution in [-0.4, -0.2) is 35.4 Å². The third-order valence-corrected chi connectivity index (χ3v) is 4.12. The molecular weight excluding hydrogens is 352 g/mol. The summed E-state index contributed by atoms with van der Waals surface area (Å²) in [6.07, 6.45) is 1.47. The predicted molar refractivity (Wildman–Crippen MR) is 95.0 cm³/mol. The Kier molecular flexibility index (Phi) is 4.00. The van der Waals surface area contributed by atoms with E-state index in [9.17, 15) is 9.90 Å². The molecule has 0 saturated heterocycles. The van der Waals surface area contributed by atoms with E-state index in [1.165, 1.54) is 19.4 Å². The van der Waals surface area contributed by atoms with Crippen LogP contribution in [0.1, 0.15) is 10.4 Å². The fourth-order valence-corrected chi connectivity index (χ4v) is 2.85. The molecule has 0 radical (unpaired) electrons. The molecule has 0 spiro atoms. The summed E-state index contributed by atoms with van der Waals surface area (Å²) in [5.74, 6) is 0.359. The third kappa shape index (κ3) is 2.77. The van der Waals surface area contributed by atoms with Crippen LogP contribution < -0.4 is 9.47 Å². The van der Waals surface area contributed by atoms with E-state index in [0.717, 1.165) is 0 Å². The second-order valence-corrected chi connectivity index (χ2v) is 5.62. The monoisotopic (exact) mass is 366 g/mol. The predicted octanol–water partition coefficient (Wildman–Crippen LogP) is 3.87. The molecular formula is C19H14N2O6. The van der Waals surface area contributed by atoms with Crippen molar-refractivity contribution in [2.75, 3.05) is 14.2 Å². The normalized spacial score (nSPS) is 10.9. The molecule has 0 aliphatic rings. The maximum atomic E-state index is 11.9. The molecule has 0 fully saturated rings. The largest absolute Gasteiger partial charge is 0.497 e. The van der Waals surface area contributed by atoms with Crippen LogP contribution in [0.25, 0.3) is 33.8 Å². The highest BCUT2D eigenvalue weighted by atomic mass is 16.5. The average molecular weight is 366 g/mol. The first-order valence-corrected chi connectivity index (χ1v) is 7.92. The van der Waals surface area contributed by atoms with Crippen molar-refractivity contribution in [3.05, 3.63) is 48.2 Å². The van der Waals surface area contributed by atoms with Gasteiger partial charge in [0.2, 0.25) is 0 Å². The van der Waals surface area contributed by atoms with E-state index in [2.05, 4.69) is 10.1 Å². The number of ether oxygens (including phenoxy) is 2. The van der Waals surface area contributed by atoms with E-state index in [1.54, 1.807) is 37.4 Å². The minimum atomic E-state index is -1.13. The lowest BCUT2D eigenvalue weighted by molar-refractivity contribution is 0.0699. The number of fused-ring (bicyclic) bond motifs is 1. The summed E-state index contributed by atoms with van der Waals surface area (Å²) in [5.41, 5.74) is 1.35. The standard InChI is InChI=1S/C19H14N2O6/c1-24-10-5-6-11(15(8-10)25-2)13-9-12(19(22)23)16-17(14-4-3-7-26-14)21-27-18(16)20-13/h3-9H,1-2H3,(H,22,23). The van der Waals surface area contributed by atoms with Gasteiger partial charge in [0.1, 0.15) is 11.5 Å². The quantitative estimate of drug-likeness (QED) is 0.567. The molecule has 0 bridgehead atoms. The number of carbonyl (C=O) groups is 1. The lowest BCUT2D eigenvalue weighted by Crippen LogP contribution is -2.00. The SMILES string of the molecule is COc1ccc(-c2cc(C(=O)O)c3c(-c4ccco4)noc3n2)c(OC)c1. The van der Waals surface area contributed by atoms with E-state index in [1.807, 2.05) is 0 Å². The van der Waals surface area contributed by atoms with Gasteiger partial charge in [-0.15, -0.1) is 0 Å². The molecule has 0 atom stereocenters. The van der Waals surface area contributed by atoms with Crippen molar-refractivity contribution in [3.63, 3.8) is 0 Å². The second kappa shape index (κ2) is 6.49. The highest BCUT2D eigenvalue weighted by Gasteiger charge is 2.23. The number of hydrogen-bond acceptors (Lipinski definition) is 7. The number of furan rings is 1. The molecule has 0 aliphatic heterocycles. The van der Waals surface area contributed by atoms with Gasteiger partial charge in [-0.1, -0.05) is 5.16 Å². The summed E-state index contributed by atoms with van der Waals surface area (Å²) in [6.45, 7) is 0. The zero-order chi connectivity index (χ0) is 19.0. The number of methoxy groups -OCH3 is 2. The molecule has 136 valence electrons. The minimum Gasteiger partial charge on any atom is -0.497 e. The second-order valence-electron chi connectivity index (χ2n) is 5.62. The Morgan fingerprint density at radius 3 is 2.67 bits per heavy atom. The summed E-state index contributed by atoms with van der Waals surface area (Å²) >= 11 is 0. The third-order valence-electron chi connectivity index (χ3n) is 4.12. The molecule has 8 heteroatoms. The Balaban J connectivity index is 1.96. The number of rotatable bonds is 5. The lowest BCUT2D eigenvalue weighted by atomic mass is 10.0. The summed E-state index contributed by atoms with van der Waals surface area (Å²) in [7, 11) is 3.06. The van der Waals surface area contributed by atoms with E-state index >= 15 is 0 Å². The molecule has 1 aromatic carbocycles. The molecule has 1 N–H and O–H groups in total. The van der Waals surface area contributed by atoms with E-state index in [4.69, 9.17) is 18.4 Å². The maximum absolute atomic E-state index is 11.9. The Labute approximate surface area is 152 Å². The van der Waals surface area contributed by atoms with Crippen LogP contribution in [-0.2, 0) is 0 Å². The maximum Gasteiger partial charge on any atom is 0.336 e. The molecule has 0 saturated carbocycles. The Bertz CT molecular complexity index is 1130. The van der Waals surface area contributed by atoms with Gasteiger partial charge >= 0.3 is 5.97 Å². The first-order chi connectivity index (χ1) is 13.1. The van der Waals surface area contributed by atoms with E-state index < -0.39 is 5.97 Å². The Morgan fingerprint density at radius 1 is 1.15 bits per heavy atom. The van der Waals surface area contributed by atoms with Crippen LogP contribution in [0.5, 0.6) is 11.5 Å². The van der Waals surface area contributed by atoms with Crippen LogP contribution in [0, 0.1) is 0 Å². The Morgan fingerprint density at radius 2 is 2.00 bits per heavy atom. The average Bonchev–Trinajstić information content (AvgIpc) is 3.35. The molecule has 0 amide bonds. The van der Waals surface area contributed by atoms with E-state index in [0.29, 0.717) is 28.5 Å². The van der Waals surface area contributed by atoms with Crippen molar-refractivity contribution >= 4 is 17.1 Å². The lowest BCUT2D eigenvalue weighted by Gasteiger charge is -2.10. The molecule has 3 heterocycles. The zero-order valence-corrected chi connectivity index (χ0v) is 14.4. The zero-order valence-electron chi connectivity index (χ0n) is 14.4. The van der Waals surface area contributed by atoms with Crippen LogP contribution in [0.2, 0.25) is 0 Å². The van der Waals surface area contributed by atoms with Gasteiger partial charge in [0.25, 0.3) is 5.71 Å². The van der Waals surface area contributed by atoms with Crippen molar-refractivity contribution in [2.45, 2.75) is 0 Å². The smallest absolute Gasteiger partial charge is 0.336 e. The molecule has 0 aliphatic carbocycles. The van der Waals surface area contributed by atoms with E-state index in [-0.39, 0.29) is 22.4 Å². The highest BCUT2D eigenvalue weighted by Crippen LogP contribution is 2.36. The number of benzene rings is 1. The highest BCUT2D eigenvalue weighted by molar-refractivity contribution is 6.07. The van der Waals surface area contributed by atoms with Crippen LogP contribution in [0.3, 0.4) is 0 Å². The number of hydrogen-bond donors (Lipinski definition) is 1. The Hall–Kier alpha value is -3.81. The van der Waals surface area contributed by atoms with Gasteiger partial charge in [-0.3, -0.25) is 0 Å². The van der Waals surface area contributed by atoms with Crippen molar-refractivity contribution < 1.29 is 28.3 Å². The number of aromatic nitrogens is 2. The topological polar surface area (TPSA) is 108 Å². The number of pyridine rings is 1. The van der Waals surface area contributed by atoms with Gasteiger partial charge in [-0.2, -0.15) is 0 Å². The fourth-order valence-electron chi connectivity index (χ4n) is 2.85. The van der Waals surface area contributed by atoms with Gasteiger partial charge in [0.05, 0.1) is 37.1 Å². The molecule has 0 unspecified atom stereocenters. The first-order valence-electron chi connectivity index (χ1n) is 7.92. The summed E-state index contributed by atoms with van der Waals surface area (Å²) in [4.78, 5) is 16.3. The molecule has 4 aromatic rings. The first kappa shape index (κ1) is 16.6. The summed E-state index contributed by atoms with van der Waals surface area (Å²) in [5, 5.41) is 13.9. The fraction of sp³-hybridized carbons (Fsp3) is 0.105. The van der Waals surface area contributed by atoms with Gasteiger partial charge in [0.15, 0.2) is 11.5 Å². The molecule has 8 nitrogen and oxygen atoms in total. The molecule has 3 aromatic heterocycles. The van der Waals surface area contributed by atoms with Gasteiger partial charge in [-0.25, -0.2) is 9.78 Å². The summed E-state index contributed by atoms with van der Waals surface area (Å²) < 4.78 is 21.2. The van der Waals surface area contributed by atoms with Gasteiger partial charge < -0.3 is 23.5 Å². The molecule has 27 heavy (non-hydrogen) atoms. The number of aromatic carboxylic acids is 1. The van der Waals surface area contributed by atoms with Crippen molar-refractivity contribution in [2.24, 2.45) is 0 Å².